The molecule has 108 valence electrons. The largest absolute Gasteiger partial charge is 0.340 e. The van der Waals surface area contributed by atoms with Crippen molar-refractivity contribution < 1.29 is 4.92 Å². The molecule has 22 heavy (non-hydrogen) atoms. The molecular formula is C16H12N4O2. The number of non-ortho nitro benzene ring substituents is 1. The van der Waals surface area contributed by atoms with Gasteiger partial charge in [-0.1, -0.05) is 30.3 Å². The first-order valence-electron chi connectivity index (χ1n) is 6.61. The predicted octanol–water partition coefficient (Wildman–Crippen LogP) is 3.80. The molecule has 1 N–H and O–H groups in total. The minimum absolute atomic E-state index is 0.0539. The van der Waals surface area contributed by atoms with Crippen LogP contribution < -0.4 is 5.32 Å². The Morgan fingerprint density at radius 3 is 2.36 bits per heavy atom. The average Bonchev–Trinajstić information content (AvgIpc) is 2.56. The topological polar surface area (TPSA) is 81.0 Å². The molecule has 0 aliphatic heterocycles. The Hall–Kier alpha value is -3.28. The van der Waals surface area contributed by atoms with E-state index in [1.165, 1.54) is 18.5 Å². The Bertz CT molecular complexity index is 789. The van der Waals surface area contributed by atoms with Crippen LogP contribution in [0.3, 0.4) is 0 Å². The number of nitrogens with zero attached hydrogens (tertiary/aromatic N) is 3. The molecule has 0 spiro atoms. The van der Waals surface area contributed by atoms with Gasteiger partial charge in [-0.15, -0.1) is 0 Å². The molecule has 3 aromatic rings. The fraction of sp³-hybridized carbons (Fsp3) is 0. The van der Waals surface area contributed by atoms with E-state index in [0.29, 0.717) is 5.82 Å². The molecule has 3 rings (SSSR count). The number of nitro benzene ring substituents is 1. The number of aromatic nitrogens is 2. The second-order valence-electron chi connectivity index (χ2n) is 4.58. The number of anilines is 2. The normalized spacial score (nSPS) is 10.2. The van der Waals surface area contributed by atoms with Gasteiger partial charge in [0.15, 0.2) is 0 Å². The van der Waals surface area contributed by atoms with Gasteiger partial charge in [0.1, 0.15) is 12.1 Å². The quantitative estimate of drug-likeness (QED) is 0.584. The maximum atomic E-state index is 10.6. The number of hydrogen-bond acceptors (Lipinski definition) is 5. The van der Waals surface area contributed by atoms with Gasteiger partial charge < -0.3 is 5.32 Å². The van der Waals surface area contributed by atoms with E-state index in [9.17, 15) is 10.1 Å². The van der Waals surface area contributed by atoms with Gasteiger partial charge in [-0.3, -0.25) is 10.1 Å². The first-order valence-corrected chi connectivity index (χ1v) is 6.61. The first-order chi connectivity index (χ1) is 10.7. The number of nitro groups is 1. The average molecular weight is 292 g/mol. The van der Waals surface area contributed by atoms with E-state index in [4.69, 9.17) is 0 Å². The van der Waals surface area contributed by atoms with E-state index in [1.54, 1.807) is 12.1 Å². The molecule has 6 nitrogen and oxygen atoms in total. The lowest BCUT2D eigenvalue weighted by molar-refractivity contribution is -0.384. The summed E-state index contributed by atoms with van der Waals surface area (Å²) >= 11 is 0. The standard InChI is InChI=1S/C16H12N4O2/c21-20(22)14-8-6-13(7-9-14)19-16-10-15(17-11-18-16)12-4-2-1-3-5-12/h1-11H,(H,17,18,19). The van der Waals surface area contributed by atoms with Crippen molar-refractivity contribution in [3.8, 4) is 11.3 Å². The highest BCUT2D eigenvalue weighted by Crippen LogP contribution is 2.22. The van der Waals surface area contributed by atoms with Crippen molar-refractivity contribution in [2.24, 2.45) is 0 Å². The van der Waals surface area contributed by atoms with E-state index < -0.39 is 4.92 Å². The van der Waals surface area contributed by atoms with Crippen LogP contribution in [0.5, 0.6) is 0 Å². The Morgan fingerprint density at radius 2 is 1.68 bits per heavy atom. The zero-order valence-corrected chi connectivity index (χ0v) is 11.5. The third kappa shape index (κ3) is 3.06. The third-order valence-corrected chi connectivity index (χ3v) is 3.09. The van der Waals surface area contributed by atoms with Crippen LogP contribution in [-0.4, -0.2) is 14.9 Å². The van der Waals surface area contributed by atoms with Crippen LogP contribution in [0, 0.1) is 10.1 Å². The van der Waals surface area contributed by atoms with E-state index >= 15 is 0 Å². The van der Waals surface area contributed by atoms with Crippen LogP contribution in [0.15, 0.2) is 67.0 Å². The number of hydrogen-bond donors (Lipinski definition) is 1. The molecule has 0 amide bonds. The fourth-order valence-electron chi connectivity index (χ4n) is 2.01. The van der Waals surface area contributed by atoms with Gasteiger partial charge in [0, 0.05) is 29.4 Å². The maximum Gasteiger partial charge on any atom is 0.269 e. The Morgan fingerprint density at radius 1 is 0.955 bits per heavy atom. The number of nitrogens with one attached hydrogen (secondary N) is 1. The molecule has 0 aliphatic carbocycles. The van der Waals surface area contributed by atoms with Crippen LogP contribution in [0.1, 0.15) is 0 Å². The van der Waals surface area contributed by atoms with Crippen LogP contribution in [-0.2, 0) is 0 Å². The predicted molar refractivity (Wildman–Crippen MR) is 83.8 cm³/mol. The second-order valence-corrected chi connectivity index (χ2v) is 4.58. The summed E-state index contributed by atoms with van der Waals surface area (Å²) in [5.74, 6) is 0.628. The lowest BCUT2D eigenvalue weighted by Crippen LogP contribution is -1.96. The summed E-state index contributed by atoms with van der Waals surface area (Å²) in [7, 11) is 0. The highest BCUT2D eigenvalue weighted by Gasteiger charge is 2.05. The lowest BCUT2D eigenvalue weighted by atomic mass is 10.1. The Labute approximate surface area is 126 Å². The molecule has 1 heterocycles. The van der Waals surface area contributed by atoms with Crippen molar-refractivity contribution in [3.63, 3.8) is 0 Å². The first kappa shape index (κ1) is 13.7. The van der Waals surface area contributed by atoms with E-state index in [2.05, 4.69) is 15.3 Å². The Balaban J connectivity index is 1.82. The SMILES string of the molecule is O=[N+]([O-])c1ccc(Nc2cc(-c3ccccc3)ncn2)cc1. The zero-order valence-electron chi connectivity index (χ0n) is 11.5. The van der Waals surface area contributed by atoms with Gasteiger partial charge in [-0.25, -0.2) is 9.97 Å². The summed E-state index contributed by atoms with van der Waals surface area (Å²) < 4.78 is 0. The molecule has 0 radical (unpaired) electrons. The maximum absolute atomic E-state index is 10.6. The van der Waals surface area contributed by atoms with Gasteiger partial charge in [-0.2, -0.15) is 0 Å². The van der Waals surface area contributed by atoms with E-state index in [-0.39, 0.29) is 5.69 Å². The molecule has 0 aliphatic rings. The molecule has 0 saturated heterocycles. The molecule has 0 saturated carbocycles. The molecule has 0 atom stereocenters. The minimum Gasteiger partial charge on any atom is -0.340 e. The Kier molecular flexibility index (Phi) is 3.74. The van der Waals surface area contributed by atoms with Crippen molar-refractivity contribution in [2.75, 3.05) is 5.32 Å². The van der Waals surface area contributed by atoms with Gasteiger partial charge in [0.05, 0.1) is 10.6 Å². The second kappa shape index (κ2) is 6.01. The van der Waals surface area contributed by atoms with Crippen LogP contribution >= 0.6 is 0 Å². The van der Waals surface area contributed by atoms with Gasteiger partial charge >= 0.3 is 0 Å². The van der Waals surface area contributed by atoms with Crippen LogP contribution in [0.4, 0.5) is 17.2 Å². The summed E-state index contributed by atoms with van der Waals surface area (Å²) in [6.07, 6.45) is 1.48. The van der Waals surface area contributed by atoms with Crippen molar-refractivity contribution in [3.05, 3.63) is 77.1 Å². The summed E-state index contributed by atoms with van der Waals surface area (Å²) in [5, 5.41) is 13.7. The van der Waals surface area contributed by atoms with Crippen molar-refractivity contribution in [1.29, 1.82) is 0 Å². The fourth-order valence-corrected chi connectivity index (χ4v) is 2.01. The third-order valence-electron chi connectivity index (χ3n) is 3.09. The van der Waals surface area contributed by atoms with Crippen molar-refractivity contribution >= 4 is 17.2 Å². The van der Waals surface area contributed by atoms with Crippen LogP contribution in [0.2, 0.25) is 0 Å². The van der Waals surface area contributed by atoms with Gasteiger partial charge in [0.2, 0.25) is 0 Å². The molecule has 1 aromatic heterocycles. The van der Waals surface area contributed by atoms with Crippen molar-refractivity contribution in [2.45, 2.75) is 0 Å². The summed E-state index contributed by atoms with van der Waals surface area (Å²) in [6.45, 7) is 0. The van der Waals surface area contributed by atoms with E-state index in [1.807, 2.05) is 36.4 Å². The smallest absolute Gasteiger partial charge is 0.269 e. The number of rotatable bonds is 4. The molecule has 0 bridgehead atoms. The zero-order chi connectivity index (χ0) is 15.4. The lowest BCUT2D eigenvalue weighted by Gasteiger charge is -2.07. The molecule has 6 heteroatoms. The highest BCUT2D eigenvalue weighted by molar-refractivity contribution is 5.65. The summed E-state index contributed by atoms with van der Waals surface area (Å²) in [5.41, 5.74) is 2.58. The highest BCUT2D eigenvalue weighted by atomic mass is 16.6. The molecular weight excluding hydrogens is 280 g/mol. The minimum atomic E-state index is -0.429. The monoisotopic (exact) mass is 292 g/mol. The van der Waals surface area contributed by atoms with Crippen LogP contribution in [0.25, 0.3) is 11.3 Å². The van der Waals surface area contributed by atoms with Gasteiger partial charge in [-0.05, 0) is 12.1 Å². The summed E-state index contributed by atoms with van der Waals surface area (Å²) in [4.78, 5) is 18.6. The summed E-state index contributed by atoms with van der Waals surface area (Å²) in [6, 6.07) is 17.8. The number of benzene rings is 2. The van der Waals surface area contributed by atoms with Gasteiger partial charge in [0.25, 0.3) is 5.69 Å². The molecule has 0 unspecified atom stereocenters. The van der Waals surface area contributed by atoms with Crippen molar-refractivity contribution in [1.82, 2.24) is 9.97 Å². The van der Waals surface area contributed by atoms with E-state index in [0.717, 1.165) is 16.9 Å². The molecule has 2 aromatic carbocycles. The molecule has 0 fully saturated rings.